The molecule has 0 aliphatic heterocycles. The number of aromatic nitrogens is 1. The van der Waals surface area contributed by atoms with Gasteiger partial charge < -0.3 is 10.6 Å². The van der Waals surface area contributed by atoms with Crippen molar-refractivity contribution in [2.45, 2.75) is 13.3 Å². The van der Waals surface area contributed by atoms with Gasteiger partial charge in [-0.05, 0) is 37.2 Å². The molecule has 0 fully saturated rings. The van der Waals surface area contributed by atoms with Crippen LogP contribution in [0.3, 0.4) is 0 Å². The fourth-order valence-electron chi connectivity index (χ4n) is 1.98. The molecule has 1 amide bonds. The summed E-state index contributed by atoms with van der Waals surface area (Å²) in [5.74, 6) is -0.122. The number of benzene rings is 1. The van der Waals surface area contributed by atoms with Crippen LogP contribution >= 0.6 is 36.4 Å². The van der Waals surface area contributed by atoms with Crippen LogP contribution in [0.15, 0.2) is 30.5 Å². The number of amides is 1. The molecule has 0 aliphatic carbocycles. The van der Waals surface area contributed by atoms with Crippen LogP contribution in [0.25, 0.3) is 10.9 Å². The van der Waals surface area contributed by atoms with Crippen molar-refractivity contribution in [3.05, 3.63) is 41.0 Å². The smallest absolute Gasteiger partial charge is 0.253 e. The first-order valence-electron chi connectivity index (χ1n) is 6.76. The third-order valence-corrected chi connectivity index (χ3v) is 3.30. The largest absolute Gasteiger partial charge is 0.351 e. The lowest BCUT2D eigenvalue weighted by Gasteiger charge is -2.08. The number of carbonyl (C=O) groups excluding carboxylic acids is 1. The average Bonchev–Trinajstić information content (AvgIpc) is 2.47. The predicted molar refractivity (Wildman–Crippen MR) is 96.7 cm³/mol. The van der Waals surface area contributed by atoms with E-state index in [1.165, 1.54) is 0 Å². The Morgan fingerprint density at radius 1 is 1.18 bits per heavy atom. The lowest BCUT2D eigenvalue weighted by Crippen LogP contribution is -2.32. The molecule has 1 aromatic heterocycles. The van der Waals surface area contributed by atoms with Gasteiger partial charge in [-0.3, -0.25) is 9.78 Å². The Bertz CT molecular complexity index is 608. The molecule has 2 rings (SSSR count). The second-order valence-corrected chi connectivity index (χ2v) is 4.91. The summed E-state index contributed by atoms with van der Waals surface area (Å²) in [4.78, 5) is 16.4. The highest BCUT2D eigenvalue weighted by Crippen LogP contribution is 2.24. The van der Waals surface area contributed by atoms with Crippen molar-refractivity contribution in [1.82, 2.24) is 15.6 Å². The van der Waals surface area contributed by atoms with Crippen LogP contribution in [-0.4, -0.2) is 30.5 Å². The fourth-order valence-corrected chi connectivity index (χ4v) is 2.20. The number of hydrogen-bond acceptors (Lipinski definition) is 3. The Morgan fingerprint density at radius 2 is 1.95 bits per heavy atom. The number of pyridine rings is 1. The van der Waals surface area contributed by atoms with Gasteiger partial charge in [0.25, 0.3) is 5.91 Å². The van der Waals surface area contributed by atoms with Gasteiger partial charge in [-0.25, -0.2) is 0 Å². The molecule has 2 aromatic rings. The van der Waals surface area contributed by atoms with Crippen LogP contribution in [-0.2, 0) is 0 Å². The topological polar surface area (TPSA) is 54.0 Å². The van der Waals surface area contributed by atoms with Crippen LogP contribution in [0.2, 0.25) is 5.02 Å². The van der Waals surface area contributed by atoms with Crippen LogP contribution in [0, 0.1) is 0 Å². The van der Waals surface area contributed by atoms with Crippen LogP contribution in [0.5, 0.6) is 0 Å². The van der Waals surface area contributed by atoms with E-state index in [1.807, 2.05) is 12.1 Å². The number of nitrogens with one attached hydrogen (secondary N) is 2. The number of fused-ring (bicyclic) bond motifs is 1. The zero-order valence-corrected chi connectivity index (χ0v) is 14.7. The minimum Gasteiger partial charge on any atom is -0.351 e. The molecule has 0 unspecified atom stereocenters. The molecule has 2 N–H and O–H groups in total. The highest BCUT2D eigenvalue weighted by molar-refractivity contribution is 6.36. The van der Waals surface area contributed by atoms with Crippen molar-refractivity contribution >= 4 is 53.2 Å². The molecule has 0 atom stereocenters. The van der Waals surface area contributed by atoms with Crippen LogP contribution < -0.4 is 10.6 Å². The maximum absolute atomic E-state index is 12.2. The Morgan fingerprint density at radius 3 is 2.68 bits per heavy atom. The number of carbonyl (C=O) groups is 1. The molecule has 122 valence electrons. The van der Waals surface area contributed by atoms with Crippen molar-refractivity contribution in [1.29, 1.82) is 0 Å². The molecule has 7 heteroatoms. The summed E-state index contributed by atoms with van der Waals surface area (Å²) in [6, 6.07) is 7.12. The molecule has 0 saturated heterocycles. The monoisotopic (exact) mass is 363 g/mol. The van der Waals surface area contributed by atoms with Gasteiger partial charge >= 0.3 is 0 Å². The van der Waals surface area contributed by atoms with Crippen molar-refractivity contribution in [3.8, 4) is 0 Å². The molecule has 0 saturated carbocycles. The van der Waals surface area contributed by atoms with Crippen molar-refractivity contribution in [3.63, 3.8) is 0 Å². The summed E-state index contributed by atoms with van der Waals surface area (Å²) in [5, 5.41) is 7.52. The Balaban J connectivity index is 0.00000220. The summed E-state index contributed by atoms with van der Waals surface area (Å²) in [7, 11) is 0. The molecule has 0 aliphatic rings. The molecule has 0 spiro atoms. The van der Waals surface area contributed by atoms with Gasteiger partial charge in [0.2, 0.25) is 0 Å². The molecule has 4 nitrogen and oxygen atoms in total. The number of rotatable bonds is 6. The minimum absolute atomic E-state index is 0. The summed E-state index contributed by atoms with van der Waals surface area (Å²) >= 11 is 6.11. The lowest BCUT2D eigenvalue weighted by molar-refractivity contribution is 0.0955. The van der Waals surface area contributed by atoms with E-state index >= 15 is 0 Å². The van der Waals surface area contributed by atoms with Gasteiger partial charge in [0.15, 0.2) is 0 Å². The van der Waals surface area contributed by atoms with E-state index in [2.05, 4.69) is 22.5 Å². The summed E-state index contributed by atoms with van der Waals surface area (Å²) < 4.78 is 0. The highest BCUT2D eigenvalue weighted by atomic mass is 35.5. The first kappa shape index (κ1) is 20.9. The third kappa shape index (κ3) is 5.29. The van der Waals surface area contributed by atoms with E-state index in [0.717, 1.165) is 24.9 Å². The van der Waals surface area contributed by atoms with Gasteiger partial charge in [-0.1, -0.05) is 18.5 Å². The van der Waals surface area contributed by atoms with Gasteiger partial charge in [-0.15, -0.1) is 24.8 Å². The second-order valence-electron chi connectivity index (χ2n) is 4.50. The lowest BCUT2D eigenvalue weighted by atomic mass is 10.1. The zero-order valence-electron chi connectivity index (χ0n) is 12.3. The van der Waals surface area contributed by atoms with Crippen molar-refractivity contribution in [2.75, 3.05) is 19.6 Å². The number of halogens is 3. The van der Waals surface area contributed by atoms with E-state index in [9.17, 15) is 4.79 Å². The maximum Gasteiger partial charge on any atom is 0.253 e. The number of hydrogen-bond donors (Lipinski definition) is 2. The fraction of sp³-hybridized carbons (Fsp3) is 0.333. The minimum atomic E-state index is -0.122. The second kappa shape index (κ2) is 10.6. The van der Waals surface area contributed by atoms with E-state index < -0.39 is 0 Å². The summed E-state index contributed by atoms with van der Waals surface area (Å²) in [6.45, 7) is 4.42. The molecule has 1 aromatic carbocycles. The summed E-state index contributed by atoms with van der Waals surface area (Å²) in [6.07, 6.45) is 2.75. The molecule has 1 heterocycles. The highest BCUT2D eigenvalue weighted by Gasteiger charge is 2.12. The van der Waals surface area contributed by atoms with Crippen LogP contribution in [0.4, 0.5) is 0 Å². The van der Waals surface area contributed by atoms with Gasteiger partial charge in [-0.2, -0.15) is 0 Å². The molecule has 0 bridgehead atoms. The first-order valence-corrected chi connectivity index (χ1v) is 7.14. The quantitative estimate of drug-likeness (QED) is 0.772. The molecule has 22 heavy (non-hydrogen) atoms. The average molecular weight is 365 g/mol. The third-order valence-electron chi connectivity index (χ3n) is 2.98. The first-order chi connectivity index (χ1) is 9.74. The number of nitrogens with zero attached hydrogens (tertiary/aromatic N) is 1. The van der Waals surface area contributed by atoms with Crippen molar-refractivity contribution < 1.29 is 4.79 Å². The molecule has 0 radical (unpaired) electrons. The maximum atomic E-state index is 12.2. The Labute approximate surface area is 147 Å². The van der Waals surface area contributed by atoms with E-state index in [4.69, 9.17) is 11.6 Å². The predicted octanol–water partition coefficient (Wildman–Crippen LogP) is 3.46. The SMILES string of the molecule is CCCNCCNC(=O)c1ccc(Cl)c2cccnc12.Cl.Cl. The molecular formula is C15H20Cl3N3O. The summed E-state index contributed by atoms with van der Waals surface area (Å²) in [5.41, 5.74) is 1.19. The van der Waals surface area contributed by atoms with Gasteiger partial charge in [0.1, 0.15) is 0 Å². The zero-order chi connectivity index (χ0) is 14.4. The van der Waals surface area contributed by atoms with E-state index in [-0.39, 0.29) is 30.7 Å². The Kier molecular flexibility index (Phi) is 10.1. The van der Waals surface area contributed by atoms with Gasteiger partial charge in [0, 0.05) is 24.7 Å². The van der Waals surface area contributed by atoms with E-state index in [0.29, 0.717) is 22.6 Å². The molecular weight excluding hydrogens is 345 g/mol. The van der Waals surface area contributed by atoms with Crippen molar-refractivity contribution in [2.24, 2.45) is 0 Å². The van der Waals surface area contributed by atoms with E-state index in [1.54, 1.807) is 18.3 Å². The normalized spacial score (nSPS) is 9.73. The Hall–Kier alpha value is -1.07. The van der Waals surface area contributed by atoms with Gasteiger partial charge in [0.05, 0.1) is 16.1 Å². The van der Waals surface area contributed by atoms with Crippen LogP contribution in [0.1, 0.15) is 23.7 Å². The standard InChI is InChI=1S/C15H18ClN3O.2ClH/c1-2-7-17-9-10-19-15(20)12-5-6-13(16)11-4-3-8-18-14(11)12;;/h3-6,8,17H,2,7,9-10H2,1H3,(H,19,20);2*1H.